The number of aryl methyl sites for hydroxylation is 1. The molecule has 3 aliphatic rings. The molecule has 15 nitrogen and oxygen atoms in total. The number of hydrogen-bond donors (Lipinski definition) is 3. The molecule has 0 aromatic carbocycles. The Balaban J connectivity index is 1.29. The van der Waals surface area contributed by atoms with Gasteiger partial charge in [0.05, 0.1) is 0 Å². The van der Waals surface area contributed by atoms with Gasteiger partial charge in [-0.25, -0.2) is 14.6 Å². The number of β-lactam (4-membered cyclic amide) rings is 1. The first kappa shape index (κ1) is 31.0. The van der Waals surface area contributed by atoms with Crippen molar-refractivity contribution in [1.29, 1.82) is 0 Å². The first-order valence-corrected chi connectivity index (χ1v) is 16.8. The summed E-state index contributed by atoms with van der Waals surface area (Å²) in [6, 6.07) is -1.02. The zero-order valence-electron chi connectivity index (χ0n) is 22.9. The van der Waals surface area contributed by atoms with E-state index < -0.39 is 47.4 Å². The van der Waals surface area contributed by atoms with E-state index in [4.69, 9.17) is 19.9 Å². The van der Waals surface area contributed by atoms with Gasteiger partial charge in [-0.05, 0) is 38.2 Å². The van der Waals surface area contributed by atoms with Gasteiger partial charge in [0, 0.05) is 23.8 Å². The van der Waals surface area contributed by atoms with E-state index in [1.165, 1.54) is 52.1 Å². The Hall–Kier alpha value is -3.42. The lowest BCUT2D eigenvalue weighted by Gasteiger charge is -2.49. The van der Waals surface area contributed by atoms with Crippen LogP contribution in [0.2, 0.25) is 0 Å². The van der Waals surface area contributed by atoms with Gasteiger partial charge in [0.2, 0.25) is 6.29 Å². The summed E-state index contributed by atoms with van der Waals surface area (Å²) < 4.78 is 16.5. The molecule has 2 fully saturated rings. The molecule has 1 saturated carbocycles. The number of thioether (sulfide) groups is 2. The summed E-state index contributed by atoms with van der Waals surface area (Å²) in [5.74, 6) is -1.64. The number of esters is 1. The zero-order chi connectivity index (χ0) is 30.7. The maximum Gasteiger partial charge on any atom is 0.511 e. The van der Waals surface area contributed by atoms with Crippen molar-refractivity contribution in [2.24, 2.45) is 5.16 Å². The van der Waals surface area contributed by atoms with E-state index in [1.54, 1.807) is 0 Å². The molecular weight excluding hydrogens is 643 g/mol. The predicted octanol–water partition coefficient (Wildman–Crippen LogP) is 2.49. The molecule has 230 valence electrons. The van der Waals surface area contributed by atoms with Crippen molar-refractivity contribution in [2.45, 2.75) is 67.7 Å². The number of aromatic nitrogens is 3. The van der Waals surface area contributed by atoms with Gasteiger partial charge in [-0.2, -0.15) is 0 Å². The number of thiazole rings is 1. The number of carbonyl (C=O) groups excluding carboxylic acids is 4. The number of rotatable bonds is 10. The van der Waals surface area contributed by atoms with Crippen LogP contribution >= 0.6 is 46.2 Å². The summed E-state index contributed by atoms with van der Waals surface area (Å²) in [5, 5.41) is 24.8. The number of hydrogen-bond acceptors (Lipinski definition) is 17. The Morgan fingerprint density at radius 1 is 1.28 bits per heavy atom. The number of nitrogen functional groups attached to an aromatic ring is 1. The second-order valence-electron chi connectivity index (χ2n) is 9.57. The minimum absolute atomic E-state index is 0.00378. The highest BCUT2D eigenvalue weighted by Crippen LogP contribution is 2.42. The van der Waals surface area contributed by atoms with Crippen molar-refractivity contribution in [3.05, 3.63) is 27.4 Å². The molecule has 2 amide bonds. The molecule has 1 saturated heterocycles. The zero-order valence-corrected chi connectivity index (χ0v) is 26.1. The summed E-state index contributed by atoms with van der Waals surface area (Å²) in [5.41, 5.74) is 5.86. The fourth-order valence-electron chi connectivity index (χ4n) is 4.62. The van der Waals surface area contributed by atoms with Crippen LogP contribution in [0.15, 0.2) is 26.1 Å². The van der Waals surface area contributed by atoms with Gasteiger partial charge in [0.25, 0.3) is 11.8 Å². The van der Waals surface area contributed by atoms with Crippen LogP contribution in [0, 0.1) is 6.92 Å². The number of carbonyl (C=O) groups is 4. The van der Waals surface area contributed by atoms with Crippen LogP contribution in [0.1, 0.15) is 43.3 Å². The number of anilines is 1. The summed E-state index contributed by atoms with van der Waals surface area (Å²) in [6.45, 7) is 3.21. The van der Waals surface area contributed by atoms with Crippen LogP contribution in [0.5, 0.6) is 0 Å². The Morgan fingerprint density at radius 2 is 2.05 bits per heavy atom. The molecule has 4 heterocycles. The normalized spacial score (nSPS) is 21.2. The number of fused-ring (bicyclic) bond motifs is 1. The van der Waals surface area contributed by atoms with E-state index in [-0.39, 0.29) is 22.6 Å². The number of amides is 2. The molecule has 0 bridgehead atoms. The molecule has 1 unspecified atom stereocenters. The molecule has 2 aromatic heterocycles. The molecule has 43 heavy (non-hydrogen) atoms. The molecule has 5 rings (SSSR count). The quantitative estimate of drug-likeness (QED) is 0.0632. The minimum atomic E-state index is -1.29. The van der Waals surface area contributed by atoms with Crippen molar-refractivity contribution >= 4 is 81.0 Å². The van der Waals surface area contributed by atoms with Gasteiger partial charge in [0.15, 0.2) is 15.2 Å². The van der Waals surface area contributed by atoms with E-state index in [0.29, 0.717) is 21.4 Å². The number of nitrogens with one attached hydrogen (secondary N) is 1. The third-order valence-electron chi connectivity index (χ3n) is 6.58. The van der Waals surface area contributed by atoms with Gasteiger partial charge >= 0.3 is 12.1 Å². The van der Waals surface area contributed by atoms with Crippen LogP contribution in [0.4, 0.5) is 9.93 Å². The van der Waals surface area contributed by atoms with Gasteiger partial charge in [-0.15, -0.1) is 33.3 Å². The molecular formula is C24H27N7O8S4. The van der Waals surface area contributed by atoms with Gasteiger partial charge in [-0.3, -0.25) is 14.5 Å². The Labute approximate surface area is 261 Å². The van der Waals surface area contributed by atoms with Crippen molar-refractivity contribution < 1.29 is 38.6 Å². The van der Waals surface area contributed by atoms with Crippen LogP contribution in [-0.4, -0.2) is 90.3 Å². The highest BCUT2D eigenvalue weighted by Gasteiger charge is 2.55. The highest BCUT2D eigenvalue weighted by atomic mass is 32.2. The summed E-state index contributed by atoms with van der Waals surface area (Å²) in [7, 11) is 0. The molecule has 2 aromatic rings. The van der Waals surface area contributed by atoms with Gasteiger partial charge < -0.3 is 30.5 Å². The highest BCUT2D eigenvalue weighted by molar-refractivity contribution is 8.01. The number of ether oxygens (including phenoxy) is 3. The van der Waals surface area contributed by atoms with E-state index in [9.17, 15) is 24.4 Å². The fraction of sp³-hybridized carbons (Fsp3) is 0.500. The largest absolute Gasteiger partial charge is 0.511 e. The minimum Gasteiger partial charge on any atom is -0.431 e. The van der Waals surface area contributed by atoms with Crippen molar-refractivity contribution in [2.75, 3.05) is 17.2 Å². The Kier molecular flexibility index (Phi) is 9.72. The molecule has 0 spiro atoms. The smallest absolute Gasteiger partial charge is 0.431 e. The van der Waals surface area contributed by atoms with E-state index in [1.807, 2.05) is 6.92 Å². The average molecular weight is 670 g/mol. The lowest BCUT2D eigenvalue weighted by molar-refractivity contribution is -0.169. The third kappa shape index (κ3) is 7.05. The SMILES string of the molecule is Cc1nnc(SCC2=C(C(=O)OC(C)OC(=O)OC3CCCC3)N3C(=O)[C@@H](NC(=O)/C(=N\O)c4csc(N)n4)[C@H]3SC2)s1. The van der Waals surface area contributed by atoms with Crippen molar-refractivity contribution in [3.63, 3.8) is 0 Å². The topological polar surface area (TPSA) is 209 Å². The summed E-state index contributed by atoms with van der Waals surface area (Å²) in [4.78, 5) is 57.1. The standard InChI is InChI=1S/C24H27N7O8S4/c1-10-28-29-23(43-10)42-8-12-7-40-20-16(27-18(32)15(30-36)14-9-41-22(25)26-14)19(33)31(20)17(12)21(34)37-11(2)38-24(35)39-13-5-3-4-6-13/h9,11,13,16,20,36H,3-8H2,1-2H3,(H2,25,26)(H,27,32)/b30-15-/t11?,16-,20-/m1/s1. The molecule has 19 heteroatoms. The summed E-state index contributed by atoms with van der Waals surface area (Å²) in [6.07, 6.45) is 0.981. The van der Waals surface area contributed by atoms with Gasteiger partial charge in [0.1, 0.15) is 33.9 Å². The van der Waals surface area contributed by atoms with Crippen LogP contribution in [0.25, 0.3) is 0 Å². The maximum atomic E-state index is 13.5. The molecule has 4 N–H and O–H groups in total. The van der Waals surface area contributed by atoms with Gasteiger partial charge in [-0.1, -0.05) is 28.3 Å². The fourth-order valence-corrected chi connectivity index (χ4v) is 8.47. The number of oxime groups is 1. The Morgan fingerprint density at radius 3 is 2.70 bits per heavy atom. The van der Waals surface area contributed by atoms with E-state index >= 15 is 0 Å². The molecule has 2 aliphatic heterocycles. The number of nitrogens with two attached hydrogens (primary N) is 1. The second-order valence-corrected chi connectivity index (χ2v) is 14.0. The van der Waals surface area contributed by atoms with Crippen LogP contribution < -0.4 is 11.1 Å². The lowest BCUT2D eigenvalue weighted by atomic mass is 10.0. The van der Waals surface area contributed by atoms with E-state index in [0.717, 1.165) is 42.0 Å². The second kappa shape index (κ2) is 13.5. The maximum absolute atomic E-state index is 13.5. The first-order chi connectivity index (χ1) is 20.6. The van der Waals surface area contributed by atoms with Crippen LogP contribution in [0.3, 0.4) is 0 Å². The molecule has 0 radical (unpaired) electrons. The predicted molar refractivity (Wildman–Crippen MR) is 158 cm³/mol. The summed E-state index contributed by atoms with van der Waals surface area (Å²) >= 11 is 5.15. The Bertz CT molecular complexity index is 1470. The third-order valence-corrected chi connectivity index (χ3v) is 10.7. The average Bonchev–Trinajstić information content (AvgIpc) is 3.73. The monoisotopic (exact) mass is 669 g/mol. The first-order valence-electron chi connectivity index (χ1n) is 13.1. The number of nitrogens with zero attached hydrogens (tertiary/aromatic N) is 5. The van der Waals surface area contributed by atoms with Crippen molar-refractivity contribution in [1.82, 2.24) is 25.4 Å². The lowest BCUT2D eigenvalue weighted by Crippen LogP contribution is -2.71. The molecule has 3 atom stereocenters. The van der Waals surface area contributed by atoms with Crippen LogP contribution in [-0.2, 0) is 28.6 Å². The molecule has 1 aliphatic carbocycles. The van der Waals surface area contributed by atoms with Crippen molar-refractivity contribution in [3.8, 4) is 0 Å². The van der Waals surface area contributed by atoms with E-state index in [2.05, 4.69) is 25.7 Å².